The van der Waals surface area contributed by atoms with Gasteiger partial charge in [0.1, 0.15) is 0 Å². The molecule has 1 heterocycles. The SMILES string of the molecule is O=C1C([Se]c2ccccc2)=C(N2CCSCC2)C(=O)c2ccccc21. The third-order valence-corrected chi connectivity index (χ3v) is 7.57. The molecule has 126 valence electrons. The number of carbonyl (C=O) groups excluding carboxylic acids is 2. The topological polar surface area (TPSA) is 37.4 Å². The predicted molar refractivity (Wildman–Crippen MR) is 103 cm³/mol. The average molecular weight is 414 g/mol. The van der Waals surface area contributed by atoms with Crippen molar-refractivity contribution in [2.24, 2.45) is 0 Å². The van der Waals surface area contributed by atoms with Crippen molar-refractivity contribution in [2.75, 3.05) is 24.6 Å². The second-order valence-electron chi connectivity index (χ2n) is 5.90. The number of benzene rings is 2. The van der Waals surface area contributed by atoms with Crippen molar-refractivity contribution < 1.29 is 9.59 Å². The maximum atomic E-state index is 13.2. The zero-order valence-electron chi connectivity index (χ0n) is 13.6. The first-order chi connectivity index (χ1) is 12.3. The van der Waals surface area contributed by atoms with Crippen LogP contribution in [-0.4, -0.2) is 56.0 Å². The summed E-state index contributed by atoms with van der Waals surface area (Å²) in [7, 11) is 0. The average Bonchev–Trinajstić information content (AvgIpc) is 2.68. The van der Waals surface area contributed by atoms with Crippen LogP contribution in [0, 0.1) is 0 Å². The monoisotopic (exact) mass is 415 g/mol. The molecule has 0 bridgehead atoms. The molecule has 0 unspecified atom stereocenters. The summed E-state index contributed by atoms with van der Waals surface area (Å²) >= 11 is 1.72. The molecule has 2 aliphatic rings. The van der Waals surface area contributed by atoms with E-state index >= 15 is 0 Å². The van der Waals surface area contributed by atoms with Crippen LogP contribution in [0.5, 0.6) is 0 Å². The number of nitrogens with zero attached hydrogens (tertiary/aromatic N) is 1. The number of thioether (sulfide) groups is 1. The number of allylic oxidation sites excluding steroid dienone is 2. The number of Topliss-reactive ketones (excluding diaryl/α,β-unsaturated/α-hetero) is 2. The maximum absolute atomic E-state index is 13.2. The van der Waals surface area contributed by atoms with Crippen LogP contribution in [0.4, 0.5) is 0 Å². The van der Waals surface area contributed by atoms with Gasteiger partial charge < -0.3 is 0 Å². The summed E-state index contributed by atoms with van der Waals surface area (Å²) in [6.45, 7) is 1.66. The van der Waals surface area contributed by atoms with E-state index < -0.39 is 0 Å². The van der Waals surface area contributed by atoms with Gasteiger partial charge in [-0.15, -0.1) is 0 Å². The Bertz CT molecular complexity index is 857. The third kappa shape index (κ3) is 3.20. The Morgan fingerprint density at radius 2 is 1.40 bits per heavy atom. The van der Waals surface area contributed by atoms with Gasteiger partial charge >= 0.3 is 158 Å². The number of ketones is 2. The second-order valence-corrected chi connectivity index (χ2v) is 9.39. The standard InChI is InChI=1S/C20H17NO2SSe/c22-18-15-8-4-5-9-16(15)19(23)20(25-14-6-2-1-3-7-14)17(18)21-10-12-24-13-11-21/h1-9H,10-13H2. The van der Waals surface area contributed by atoms with Crippen LogP contribution < -0.4 is 4.46 Å². The fraction of sp³-hybridized carbons (Fsp3) is 0.200. The van der Waals surface area contributed by atoms with Crippen LogP contribution in [0.2, 0.25) is 0 Å². The molecule has 5 heteroatoms. The van der Waals surface area contributed by atoms with Crippen LogP contribution in [0.15, 0.2) is 64.8 Å². The molecular formula is C20H17NO2SSe. The number of carbonyl (C=O) groups is 2. The summed E-state index contributed by atoms with van der Waals surface area (Å²) in [5, 5.41) is 0. The van der Waals surface area contributed by atoms with Crippen molar-refractivity contribution in [3.05, 3.63) is 75.9 Å². The quantitative estimate of drug-likeness (QED) is 0.723. The van der Waals surface area contributed by atoms with Crippen molar-refractivity contribution in [3.8, 4) is 0 Å². The Morgan fingerprint density at radius 1 is 0.800 bits per heavy atom. The van der Waals surface area contributed by atoms with Crippen LogP contribution in [-0.2, 0) is 0 Å². The van der Waals surface area contributed by atoms with Crippen molar-refractivity contribution in [1.29, 1.82) is 0 Å². The molecule has 2 aromatic carbocycles. The van der Waals surface area contributed by atoms with Crippen LogP contribution >= 0.6 is 11.8 Å². The van der Waals surface area contributed by atoms with Gasteiger partial charge in [0.05, 0.1) is 0 Å². The minimum atomic E-state index is -0.179. The van der Waals surface area contributed by atoms with Gasteiger partial charge in [-0.2, -0.15) is 0 Å². The predicted octanol–water partition coefficient (Wildman–Crippen LogP) is 2.36. The van der Waals surface area contributed by atoms with Gasteiger partial charge in [-0.1, -0.05) is 0 Å². The number of rotatable bonds is 3. The number of hydrogen-bond donors (Lipinski definition) is 0. The van der Waals surface area contributed by atoms with E-state index in [-0.39, 0.29) is 26.5 Å². The first-order valence-corrected chi connectivity index (χ1v) is 11.1. The first kappa shape index (κ1) is 16.6. The summed E-state index contributed by atoms with van der Waals surface area (Å²) in [5.74, 6) is 2.03. The number of hydrogen-bond acceptors (Lipinski definition) is 4. The Hall–Kier alpha value is -1.81. The summed E-state index contributed by atoms with van der Waals surface area (Å²) in [6, 6.07) is 17.2. The van der Waals surface area contributed by atoms with Crippen molar-refractivity contribution in [2.45, 2.75) is 0 Å². The van der Waals surface area contributed by atoms with E-state index in [2.05, 4.69) is 4.90 Å². The molecule has 1 aliphatic heterocycles. The first-order valence-electron chi connectivity index (χ1n) is 8.24. The van der Waals surface area contributed by atoms with Crippen molar-refractivity contribution in [3.63, 3.8) is 0 Å². The molecule has 25 heavy (non-hydrogen) atoms. The molecule has 0 radical (unpaired) electrons. The Kier molecular flexibility index (Phi) is 4.80. The molecule has 0 atom stereocenters. The normalized spacial score (nSPS) is 17.7. The molecular weight excluding hydrogens is 397 g/mol. The van der Waals surface area contributed by atoms with E-state index in [0.717, 1.165) is 29.1 Å². The van der Waals surface area contributed by atoms with Gasteiger partial charge in [-0.05, 0) is 0 Å². The van der Waals surface area contributed by atoms with E-state index in [1.807, 2.05) is 54.2 Å². The van der Waals surface area contributed by atoms with Gasteiger partial charge in [0, 0.05) is 0 Å². The Balaban J connectivity index is 1.82. The molecule has 4 rings (SSSR count). The van der Waals surface area contributed by atoms with Gasteiger partial charge in [0.15, 0.2) is 0 Å². The Labute approximate surface area is 157 Å². The van der Waals surface area contributed by atoms with Crippen LogP contribution in [0.3, 0.4) is 0 Å². The molecule has 2 aromatic rings. The molecule has 3 nitrogen and oxygen atoms in total. The second kappa shape index (κ2) is 7.20. The molecule has 0 amide bonds. The van der Waals surface area contributed by atoms with Crippen molar-refractivity contribution >= 4 is 42.7 Å². The zero-order chi connectivity index (χ0) is 17.2. The van der Waals surface area contributed by atoms with Crippen LogP contribution in [0.25, 0.3) is 0 Å². The number of fused-ring (bicyclic) bond motifs is 1. The zero-order valence-corrected chi connectivity index (χ0v) is 16.1. The van der Waals surface area contributed by atoms with E-state index in [9.17, 15) is 9.59 Å². The molecule has 0 N–H and O–H groups in total. The van der Waals surface area contributed by atoms with Gasteiger partial charge in [-0.3, -0.25) is 0 Å². The summed E-state index contributed by atoms with van der Waals surface area (Å²) in [6.07, 6.45) is 0. The van der Waals surface area contributed by atoms with E-state index in [0.29, 0.717) is 21.3 Å². The summed E-state index contributed by atoms with van der Waals surface area (Å²) in [4.78, 5) is 28.5. The van der Waals surface area contributed by atoms with E-state index in [1.165, 1.54) is 0 Å². The van der Waals surface area contributed by atoms with Gasteiger partial charge in [-0.25, -0.2) is 0 Å². The molecule has 1 fully saturated rings. The molecule has 0 saturated carbocycles. The molecule has 1 aliphatic carbocycles. The van der Waals surface area contributed by atoms with Gasteiger partial charge in [0.25, 0.3) is 0 Å². The fourth-order valence-electron chi connectivity index (χ4n) is 3.11. The summed E-state index contributed by atoms with van der Waals surface area (Å²) in [5.41, 5.74) is 1.75. The van der Waals surface area contributed by atoms with Gasteiger partial charge in [0.2, 0.25) is 0 Å². The van der Waals surface area contributed by atoms with E-state index in [1.54, 1.807) is 12.1 Å². The van der Waals surface area contributed by atoms with E-state index in [4.69, 9.17) is 0 Å². The third-order valence-electron chi connectivity index (χ3n) is 4.34. The molecule has 0 spiro atoms. The summed E-state index contributed by atoms with van der Waals surface area (Å²) < 4.78 is 1.82. The Morgan fingerprint density at radius 3 is 2.08 bits per heavy atom. The molecule has 0 aromatic heterocycles. The van der Waals surface area contributed by atoms with Crippen molar-refractivity contribution in [1.82, 2.24) is 4.90 Å². The minimum absolute atomic E-state index is 0.00917. The van der Waals surface area contributed by atoms with Crippen LogP contribution in [0.1, 0.15) is 20.7 Å². The fourth-order valence-corrected chi connectivity index (χ4v) is 6.22. The molecule has 1 saturated heterocycles.